The average molecular weight is 236 g/mol. The maximum atomic E-state index is 5.95. The predicted octanol–water partition coefficient (Wildman–Crippen LogP) is 0.775. The van der Waals surface area contributed by atoms with E-state index in [1.807, 2.05) is 6.07 Å². The van der Waals surface area contributed by atoms with Crippen LogP contribution >= 0.6 is 0 Å². The van der Waals surface area contributed by atoms with Gasteiger partial charge in [-0.2, -0.15) is 0 Å². The van der Waals surface area contributed by atoms with E-state index in [1.165, 1.54) is 0 Å². The minimum absolute atomic E-state index is 0.177. The molecule has 5 heteroatoms. The van der Waals surface area contributed by atoms with Gasteiger partial charge < -0.3 is 25.7 Å². The molecule has 0 bridgehead atoms. The molecule has 0 unspecified atom stereocenters. The lowest BCUT2D eigenvalue weighted by molar-refractivity contribution is -0.0960. The number of hydrogen-bond acceptors (Lipinski definition) is 5. The van der Waals surface area contributed by atoms with Crippen LogP contribution in [0, 0.1) is 5.92 Å². The number of ether oxygens (including phenoxy) is 3. The third kappa shape index (κ3) is 1.81. The molecule has 1 fully saturated rings. The monoisotopic (exact) mass is 236 g/mol. The molecule has 1 aromatic carbocycles. The van der Waals surface area contributed by atoms with Crippen molar-refractivity contribution in [2.75, 3.05) is 31.3 Å². The van der Waals surface area contributed by atoms with Crippen molar-refractivity contribution < 1.29 is 14.2 Å². The van der Waals surface area contributed by atoms with Crippen LogP contribution in [0.4, 0.5) is 11.4 Å². The van der Waals surface area contributed by atoms with E-state index in [2.05, 4.69) is 0 Å². The van der Waals surface area contributed by atoms with Crippen molar-refractivity contribution in [3.63, 3.8) is 0 Å². The molecule has 0 amide bonds. The molecule has 3 rings (SSSR count). The number of rotatable bonds is 1. The van der Waals surface area contributed by atoms with Gasteiger partial charge >= 0.3 is 0 Å². The topological polar surface area (TPSA) is 79.7 Å². The third-order valence-electron chi connectivity index (χ3n) is 3.27. The van der Waals surface area contributed by atoms with Gasteiger partial charge in [0.15, 0.2) is 6.29 Å². The average Bonchev–Trinajstić information content (AvgIpc) is 2.87. The van der Waals surface area contributed by atoms with Gasteiger partial charge in [0.05, 0.1) is 25.5 Å². The minimum atomic E-state index is -0.177. The normalized spacial score (nSPS) is 24.4. The Kier molecular flexibility index (Phi) is 2.57. The molecular formula is C12H16N2O3. The van der Waals surface area contributed by atoms with Gasteiger partial charge in [0.1, 0.15) is 5.75 Å². The van der Waals surface area contributed by atoms with Crippen LogP contribution in [0.15, 0.2) is 12.1 Å². The highest BCUT2D eigenvalue weighted by atomic mass is 16.7. The second-order valence-electron chi connectivity index (χ2n) is 4.44. The van der Waals surface area contributed by atoms with Gasteiger partial charge in [0.25, 0.3) is 0 Å². The van der Waals surface area contributed by atoms with Gasteiger partial charge in [-0.1, -0.05) is 0 Å². The lowest BCUT2D eigenvalue weighted by Crippen LogP contribution is -2.33. The van der Waals surface area contributed by atoms with Crippen molar-refractivity contribution in [2.45, 2.75) is 12.7 Å². The summed E-state index contributed by atoms with van der Waals surface area (Å²) in [4.78, 5) is 0. The Morgan fingerprint density at radius 3 is 2.53 bits per heavy atom. The molecule has 1 saturated heterocycles. The number of nitrogen functional groups attached to an aromatic ring is 2. The van der Waals surface area contributed by atoms with Gasteiger partial charge in [-0.25, -0.2) is 0 Å². The number of fused-ring (bicyclic) bond motifs is 1. The van der Waals surface area contributed by atoms with E-state index in [-0.39, 0.29) is 12.2 Å². The van der Waals surface area contributed by atoms with Gasteiger partial charge in [0.2, 0.25) is 0 Å². The first kappa shape index (κ1) is 10.7. The van der Waals surface area contributed by atoms with Crippen LogP contribution in [-0.2, 0) is 15.9 Å². The summed E-state index contributed by atoms with van der Waals surface area (Å²) in [6.45, 7) is 1.87. The first-order valence-corrected chi connectivity index (χ1v) is 5.78. The van der Waals surface area contributed by atoms with E-state index in [0.29, 0.717) is 25.5 Å². The van der Waals surface area contributed by atoms with Crippen LogP contribution in [0.1, 0.15) is 5.56 Å². The lowest BCUT2D eigenvalue weighted by Gasteiger charge is -2.29. The van der Waals surface area contributed by atoms with Crippen molar-refractivity contribution in [2.24, 2.45) is 5.92 Å². The van der Waals surface area contributed by atoms with Crippen LogP contribution < -0.4 is 16.2 Å². The van der Waals surface area contributed by atoms with Gasteiger partial charge in [-0.3, -0.25) is 0 Å². The highest BCUT2D eigenvalue weighted by Gasteiger charge is 2.32. The zero-order valence-electron chi connectivity index (χ0n) is 9.52. The summed E-state index contributed by atoms with van der Waals surface area (Å²) in [5.74, 6) is 0.911. The highest BCUT2D eigenvalue weighted by molar-refractivity contribution is 5.67. The summed E-state index contributed by atoms with van der Waals surface area (Å²) in [6, 6.07) is 3.59. The van der Waals surface area contributed by atoms with Crippen molar-refractivity contribution in [1.29, 1.82) is 0 Å². The molecule has 2 aliphatic heterocycles. The van der Waals surface area contributed by atoms with Crippen LogP contribution in [-0.4, -0.2) is 26.1 Å². The Labute approximate surface area is 99.6 Å². The van der Waals surface area contributed by atoms with E-state index in [4.69, 9.17) is 25.7 Å². The smallest absolute Gasteiger partial charge is 0.164 e. The van der Waals surface area contributed by atoms with E-state index >= 15 is 0 Å². The Hall–Kier alpha value is -1.46. The van der Waals surface area contributed by atoms with Gasteiger partial charge in [-0.15, -0.1) is 0 Å². The predicted molar refractivity (Wildman–Crippen MR) is 63.6 cm³/mol. The Balaban J connectivity index is 1.86. The molecule has 1 aromatic rings. The summed E-state index contributed by atoms with van der Waals surface area (Å²) in [6.07, 6.45) is 0.612. The van der Waals surface area contributed by atoms with E-state index in [0.717, 1.165) is 23.4 Å². The molecular weight excluding hydrogens is 220 g/mol. The molecule has 17 heavy (non-hydrogen) atoms. The molecule has 2 aliphatic rings. The standard InChI is InChI=1S/C12H16N2O3/c13-9-1-2-10(14)11-8(9)5-7(6-17-11)12-15-3-4-16-12/h1-2,7,12H,3-6,13-14H2/t7-/m0/s1. The fraction of sp³-hybridized carbons (Fsp3) is 0.500. The van der Waals surface area contributed by atoms with Gasteiger partial charge in [-0.05, 0) is 18.6 Å². The number of benzene rings is 1. The van der Waals surface area contributed by atoms with Crippen LogP contribution in [0.3, 0.4) is 0 Å². The molecule has 0 spiro atoms. The Morgan fingerprint density at radius 2 is 1.76 bits per heavy atom. The first-order chi connectivity index (χ1) is 8.25. The highest BCUT2D eigenvalue weighted by Crippen LogP contribution is 2.38. The molecule has 1 atom stereocenters. The quantitative estimate of drug-likeness (QED) is 0.704. The first-order valence-electron chi connectivity index (χ1n) is 5.78. The number of anilines is 2. The molecule has 0 radical (unpaired) electrons. The summed E-state index contributed by atoms with van der Waals surface area (Å²) >= 11 is 0. The van der Waals surface area contributed by atoms with Gasteiger partial charge in [0, 0.05) is 17.2 Å². The summed E-state index contributed by atoms with van der Waals surface area (Å²) in [7, 11) is 0. The molecule has 2 heterocycles. The zero-order chi connectivity index (χ0) is 11.8. The van der Waals surface area contributed by atoms with Crippen LogP contribution in [0.2, 0.25) is 0 Å². The van der Waals surface area contributed by atoms with Crippen molar-refractivity contribution in [3.8, 4) is 5.75 Å². The Morgan fingerprint density at radius 1 is 1.06 bits per heavy atom. The molecule has 5 nitrogen and oxygen atoms in total. The fourth-order valence-corrected chi connectivity index (χ4v) is 2.38. The van der Waals surface area contributed by atoms with Crippen molar-refractivity contribution >= 4 is 11.4 Å². The summed E-state index contributed by atoms with van der Waals surface area (Å²) in [5, 5.41) is 0. The zero-order valence-corrected chi connectivity index (χ0v) is 9.52. The van der Waals surface area contributed by atoms with E-state index < -0.39 is 0 Å². The Bertz CT molecular complexity index is 430. The molecule has 92 valence electrons. The summed E-state index contributed by atoms with van der Waals surface area (Å²) in [5.41, 5.74) is 14.2. The minimum Gasteiger partial charge on any atom is -0.491 e. The van der Waals surface area contributed by atoms with Crippen LogP contribution in [0.5, 0.6) is 5.75 Å². The largest absolute Gasteiger partial charge is 0.491 e. The maximum absolute atomic E-state index is 5.95. The maximum Gasteiger partial charge on any atom is 0.164 e. The molecule has 0 aliphatic carbocycles. The number of nitrogens with two attached hydrogens (primary N) is 2. The SMILES string of the molecule is Nc1ccc(N)c2c1C[C@H](C1OCCO1)CO2. The fourth-order valence-electron chi connectivity index (χ4n) is 2.38. The van der Waals surface area contributed by atoms with Crippen molar-refractivity contribution in [3.05, 3.63) is 17.7 Å². The van der Waals surface area contributed by atoms with E-state index in [1.54, 1.807) is 6.07 Å². The van der Waals surface area contributed by atoms with E-state index in [9.17, 15) is 0 Å². The lowest BCUT2D eigenvalue weighted by atomic mass is 9.94. The second-order valence-corrected chi connectivity index (χ2v) is 4.44. The second kappa shape index (κ2) is 4.09. The molecule has 0 aromatic heterocycles. The summed E-state index contributed by atoms with van der Waals surface area (Å²) < 4.78 is 16.7. The number of hydrogen-bond donors (Lipinski definition) is 2. The molecule has 0 saturated carbocycles. The van der Waals surface area contributed by atoms with Crippen molar-refractivity contribution in [1.82, 2.24) is 0 Å². The van der Waals surface area contributed by atoms with Crippen LogP contribution in [0.25, 0.3) is 0 Å². The third-order valence-corrected chi connectivity index (χ3v) is 3.27. The molecule has 4 N–H and O–H groups in total.